The molecule has 1 unspecified atom stereocenters. The van der Waals surface area contributed by atoms with Crippen LogP contribution < -0.4 is 0 Å². The van der Waals surface area contributed by atoms with Gasteiger partial charge in [0.2, 0.25) is 6.10 Å². The lowest BCUT2D eigenvalue weighted by Crippen LogP contribution is -2.27. The van der Waals surface area contributed by atoms with Crippen LogP contribution in [0.3, 0.4) is 0 Å². The molecule has 1 atom stereocenters. The molecule has 0 fully saturated rings. The predicted octanol–water partition coefficient (Wildman–Crippen LogP) is 3.09. The van der Waals surface area contributed by atoms with Crippen molar-refractivity contribution in [1.29, 1.82) is 0 Å². The summed E-state index contributed by atoms with van der Waals surface area (Å²) in [4.78, 5) is 11.8. The number of carbonyl (C=O) groups is 1. The molecule has 8 heteroatoms. The van der Waals surface area contributed by atoms with Gasteiger partial charge >= 0.3 is 12.1 Å². The summed E-state index contributed by atoms with van der Waals surface area (Å²) in [5.74, 6) is -1.10. The first kappa shape index (κ1) is 15.1. The van der Waals surface area contributed by atoms with E-state index in [1.54, 1.807) is 0 Å². The van der Waals surface area contributed by atoms with Crippen molar-refractivity contribution in [3.05, 3.63) is 41.1 Å². The third-order valence-corrected chi connectivity index (χ3v) is 3.11. The smallest absolute Gasteiger partial charge is 0.430 e. The first-order valence-electron chi connectivity index (χ1n) is 6.01. The molecule has 0 N–H and O–H groups in total. The Kier molecular flexibility index (Phi) is 3.80. The van der Waals surface area contributed by atoms with Crippen molar-refractivity contribution in [2.45, 2.75) is 26.1 Å². The van der Waals surface area contributed by atoms with Gasteiger partial charge < -0.3 is 9.15 Å². The number of nitrogens with zero attached hydrogens (tertiary/aromatic N) is 2. The van der Waals surface area contributed by atoms with Crippen molar-refractivity contribution in [1.82, 2.24) is 9.78 Å². The molecule has 0 aliphatic rings. The highest BCUT2D eigenvalue weighted by molar-refractivity contribution is 5.89. The minimum Gasteiger partial charge on any atom is -0.472 e. The molecule has 0 saturated heterocycles. The summed E-state index contributed by atoms with van der Waals surface area (Å²) < 4.78 is 50.3. The van der Waals surface area contributed by atoms with E-state index in [-0.39, 0.29) is 22.5 Å². The molecule has 0 spiro atoms. The quantitative estimate of drug-likeness (QED) is 0.818. The molecular weight excluding hydrogens is 289 g/mol. The highest BCUT2D eigenvalue weighted by Gasteiger charge is 2.46. The highest BCUT2D eigenvalue weighted by atomic mass is 19.4. The van der Waals surface area contributed by atoms with Gasteiger partial charge in [-0.05, 0) is 19.9 Å². The van der Waals surface area contributed by atoms with Crippen molar-refractivity contribution < 1.29 is 27.1 Å². The largest absolute Gasteiger partial charge is 0.472 e. The summed E-state index contributed by atoms with van der Waals surface area (Å²) in [6.45, 7) is 2.92. The molecule has 0 aromatic carbocycles. The topological polar surface area (TPSA) is 57.3 Å². The molecule has 5 nitrogen and oxygen atoms in total. The van der Waals surface area contributed by atoms with Crippen LogP contribution in [0.15, 0.2) is 23.0 Å². The number of alkyl halides is 3. The van der Waals surface area contributed by atoms with Crippen LogP contribution in [-0.4, -0.2) is 21.9 Å². The average molecular weight is 302 g/mol. The van der Waals surface area contributed by atoms with E-state index < -0.39 is 18.2 Å². The maximum atomic E-state index is 13.2. The number of hydrogen-bond acceptors (Lipinski definition) is 4. The Labute approximate surface area is 118 Å². The molecule has 0 radical (unpaired) electrons. The van der Waals surface area contributed by atoms with E-state index in [1.807, 2.05) is 0 Å². The Bertz CT molecular complexity index is 644. The van der Waals surface area contributed by atoms with Crippen LogP contribution in [0.5, 0.6) is 0 Å². The van der Waals surface area contributed by atoms with E-state index in [9.17, 15) is 18.0 Å². The van der Waals surface area contributed by atoms with Crippen molar-refractivity contribution in [3.63, 3.8) is 0 Å². The van der Waals surface area contributed by atoms with Gasteiger partial charge in [0.05, 0.1) is 17.5 Å². The lowest BCUT2D eigenvalue weighted by Gasteiger charge is -2.21. The first-order valence-corrected chi connectivity index (χ1v) is 6.01. The van der Waals surface area contributed by atoms with Crippen LogP contribution in [0.1, 0.15) is 33.4 Å². The zero-order valence-corrected chi connectivity index (χ0v) is 11.6. The number of carbonyl (C=O) groups excluding carboxylic acids is 1. The van der Waals surface area contributed by atoms with Gasteiger partial charge in [0.15, 0.2) is 0 Å². The second kappa shape index (κ2) is 5.27. The van der Waals surface area contributed by atoms with Crippen molar-refractivity contribution in [2.75, 3.05) is 0 Å². The zero-order valence-electron chi connectivity index (χ0n) is 11.6. The predicted molar refractivity (Wildman–Crippen MR) is 65.6 cm³/mol. The van der Waals surface area contributed by atoms with Gasteiger partial charge in [-0.2, -0.15) is 18.3 Å². The molecule has 0 bridgehead atoms. The molecular formula is C13H13F3N2O3. The lowest BCUT2D eigenvalue weighted by atomic mass is 10.1. The summed E-state index contributed by atoms with van der Waals surface area (Å²) in [6.07, 6.45) is -4.90. The Balaban J connectivity index is 2.38. The summed E-state index contributed by atoms with van der Waals surface area (Å²) in [7, 11) is 1.52. The number of esters is 1. The minimum absolute atomic E-state index is 0.0801. The van der Waals surface area contributed by atoms with E-state index in [4.69, 9.17) is 0 Å². The number of aromatic nitrogens is 2. The molecule has 114 valence electrons. The number of aryl methyl sites for hydroxylation is 2. The third-order valence-electron chi connectivity index (χ3n) is 3.11. The summed E-state index contributed by atoms with van der Waals surface area (Å²) in [6, 6.07) is 1.23. The zero-order chi connectivity index (χ0) is 15.8. The first-order chi connectivity index (χ1) is 9.71. The van der Waals surface area contributed by atoms with Crippen LogP contribution in [0.4, 0.5) is 13.2 Å². The van der Waals surface area contributed by atoms with E-state index in [0.717, 1.165) is 6.26 Å². The maximum absolute atomic E-state index is 13.2. The van der Waals surface area contributed by atoms with Crippen LogP contribution in [-0.2, 0) is 11.8 Å². The second-order valence-electron chi connectivity index (χ2n) is 4.55. The fourth-order valence-corrected chi connectivity index (χ4v) is 2.01. The molecule has 2 heterocycles. The Morgan fingerprint density at radius 1 is 1.43 bits per heavy atom. The van der Waals surface area contributed by atoms with E-state index in [0.29, 0.717) is 0 Å². The second-order valence-corrected chi connectivity index (χ2v) is 4.55. The highest BCUT2D eigenvalue weighted by Crippen LogP contribution is 2.39. The van der Waals surface area contributed by atoms with Crippen molar-refractivity contribution in [2.24, 2.45) is 7.05 Å². The molecule has 21 heavy (non-hydrogen) atoms. The van der Waals surface area contributed by atoms with Crippen LogP contribution >= 0.6 is 0 Å². The van der Waals surface area contributed by atoms with E-state index in [1.165, 1.54) is 37.9 Å². The third kappa shape index (κ3) is 2.93. The summed E-state index contributed by atoms with van der Waals surface area (Å²) in [5, 5.41) is 3.92. The van der Waals surface area contributed by atoms with Crippen LogP contribution in [0.25, 0.3) is 0 Å². The van der Waals surface area contributed by atoms with Gasteiger partial charge in [-0.25, -0.2) is 4.79 Å². The van der Waals surface area contributed by atoms with E-state index >= 15 is 0 Å². The monoisotopic (exact) mass is 302 g/mol. The Hall–Kier alpha value is -2.25. The molecule has 0 aliphatic heterocycles. The number of ether oxygens (including phenoxy) is 1. The SMILES string of the molecule is Cc1nn(C)c(C)c1C(OC(=O)c1ccoc1)C(F)(F)F. The number of furan rings is 1. The normalized spacial score (nSPS) is 13.2. The fraction of sp³-hybridized carbons (Fsp3) is 0.385. The number of halogens is 3. The van der Waals surface area contributed by atoms with Gasteiger partial charge in [-0.1, -0.05) is 0 Å². The van der Waals surface area contributed by atoms with Gasteiger partial charge in [0.1, 0.15) is 6.26 Å². The molecule has 0 saturated carbocycles. The van der Waals surface area contributed by atoms with Gasteiger partial charge in [0.25, 0.3) is 0 Å². The number of hydrogen-bond donors (Lipinski definition) is 0. The molecule has 0 aliphatic carbocycles. The fourth-order valence-electron chi connectivity index (χ4n) is 2.01. The summed E-state index contributed by atoms with van der Waals surface area (Å²) >= 11 is 0. The van der Waals surface area contributed by atoms with Gasteiger partial charge in [-0.15, -0.1) is 0 Å². The standard InChI is InChI=1S/C13H13F3N2O3/c1-7-10(8(2)18(3)17-7)11(13(14,15)16)21-12(19)9-4-5-20-6-9/h4-6,11H,1-3H3. The molecule has 0 amide bonds. The van der Waals surface area contributed by atoms with Crippen LogP contribution in [0, 0.1) is 13.8 Å². The average Bonchev–Trinajstić information content (AvgIpc) is 2.96. The Morgan fingerprint density at radius 3 is 2.52 bits per heavy atom. The van der Waals surface area contributed by atoms with Gasteiger partial charge in [-0.3, -0.25) is 4.68 Å². The maximum Gasteiger partial charge on any atom is 0.430 e. The Morgan fingerprint density at radius 2 is 2.10 bits per heavy atom. The van der Waals surface area contributed by atoms with Crippen molar-refractivity contribution in [3.8, 4) is 0 Å². The van der Waals surface area contributed by atoms with E-state index in [2.05, 4.69) is 14.3 Å². The molecule has 2 aromatic heterocycles. The van der Waals surface area contributed by atoms with Crippen LogP contribution in [0.2, 0.25) is 0 Å². The minimum atomic E-state index is -4.74. The number of rotatable bonds is 3. The molecule has 2 rings (SSSR count). The summed E-state index contributed by atoms with van der Waals surface area (Å²) in [5.41, 5.74) is 0.220. The molecule has 2 aromatic rings. The van der Waals surface area contributed by atoms with Crippen molar-refractivity contribution >= 4 is 5.97 Å². The lowest BCUT2D eigenvalue weighted by molar-refractivity contribution is -0.207. The van der Waals surface area contributed by atoms with Gasteiger partial charge in [0, 0.05) is 18.3 Å².